The van der Waals surface area contributed by atoms with Gasteiger partial charge in [0.1, 0.15) is 0 Å². The molecular weight excluding hydrogens is 224 g/mol. The minimum atomic E-state index is 0.720. The molecule has 0 saturated carbocycles. The second-order valence-corrected chi connectivity index (χ2v) is 5.14. The van der Waals surface area contributed by atoms with Crippen LogP contribution in [0.2, 0.25) is 0 Å². The lowest BCUT2D eigenvalue weighted by molar-refractivity contribution is 0.0685. The van der Waals surface area contributed by atoms with E-state index in [1.165, 1.54) is 24.1 Å². The van der Waals surface area contributed by atoms with E-state index in [9.17, 15) is 0 Å². The van der Waals surface area contributed by atoms with Crippen molar-refractivity contribution in [2.24, 2.45) is 11.7 Å². The molecule has 1 aliphatic rings. The molecule has 0 amide bonds. The maximum absolute atomic E-state index is 5.56. The molecule has 0 atom stereocenters. The van der Waals surface area contributed by atoms with Gasteiger partial charge in [0.15, 0.2) is 0 Å². The van der Waals surface area contributed by atoms with E-state index in [1.807, 2.05) is 0 Å². The molecule has 0 radical (unpaired) electrons. The number of nitrogens with two attached hydrogens (primary N) is 1. The van der Waals surface area contributed by atoms with Crippen LogP contribution in [0.25, 0.3) is 0 Å². The van der Waals surface area contributed by atoms with Gasteiger partial charge in [-0.3, -0.25) is 0 Å². The van der Waals surface area contributed by atoms with E-state index in [4.69, 9.17) is 10.5 Å². The van der Waals surface area contributed by atoms with Crippen molar-refractivity contribution < 1.29 is 4.74 Å². The van der Waals surface area contributed by atoms with Gasteiger partial charge in [-0.25, -0.2) is 0 Å². The summed E-state index contributed by atoms with van der Waals surface area (Å²) in [7, 11) is 2.17. The van der Waals surface area contributed by atoms with Crippen molar-refractivity contribution in [3.63, 3.8) is 0 Å². The summed E-state index contributed by atoms with van der Waals surface area (Å²) >= 11 is 0. The van der Waals surface area contributed by atoms with Crippen molar-refractivity contribution in [2.75, 3.05) is 38.3 Å². The summed E-state index contributed by atoms with van der Waals surface area (Å²) in [5.41, 5.74) is 8.17. The van der Waals surface area contributed by atoms with E-state index >= 15 is 0 Å². The topological polar surface area (TPSA) is 38.5 Å². The summed E-state index contributed by atoms with van der Waals surface area (Å²) in [6.07, 6.45) is 3.34. The summed E-state index contributed by atoms with van der Waals surface area (Å²) < 4.78 is 5.40. The SMILES string of the molecule is CN(CC1CCOCC1)c1ccc(CCN)cc1. The minimum Gasteiger partial charge on any atom is -0.381 e. The van der Waals surface area contributed by atoms with Crippen molar-refractivity contribution in [2.45, 2.75) is 19.3 Å². The van der Waals surface area contributed by atoms with Crippen LogP contribution in [0.15, 0.2) is 24.3 Å². The predicted octanol–water partition coefficient (Wildman–Crippen LogP) is 2.05. The number of anilines is 1. The highest BCUT2D eigenvalue weighted by atomic mass is 16.5. The number of rotatable bonds is 5. The third kappa shape index (κ3) is 3.72. The average Bonchev–Trinajstić information content (AvgIpc) is 2.41. The Bertz CT molecular complexity index is 344. The lowest BCUT2D eigenvalue weighted by atomic mass is 9.99. The number of ether oxygens (including phenoxy) is 1. The van der Waals surface area contributed by atoms with E-state index in [0.717, 1.165) is 38.6 Å². The van der Waals surface area contributed by atoms with Gasteiger partial charge in [-0.15, -0.1) is 0 Å². The molecule has 2 rings (SSSR count). The van der Waals surface area contributed by atoms with Crippen LogP contribution in [-0.2, 0) is 11.2 Å². The Balaban J connectivity index is 1.89. The Labute approximate surface area is 110 Å². The van der Waals surface area contributed by atoms with Gasteiger partial charge < -0.3 is 15.4 Å². The van der Waals surface area contributed by atoms with Crippen LogP contribution >= 0.6 is 0 Å². The van der Waals surface area contributed by atoms with Gasteiger partial charge in [-0.2, -0.15) is 0 Å². The fraction of sp³-hybridized carbons (Fsp3) is 0.600. The van der Waals surface area contributed by atoms with Crippen LogP contribution < -0.4 is 10.6 Å². The largest absolute Gasteiger partial charge is 0.381 e. The minimum absolute atomic E-state index is 0.720. The Kier molecular flexibility index (Phi) is 5.02. The van der Waals surface area contributed by atoms with Gasteiger partial charge in [-0.05, 0) is 49.4 Å². The zero-order valence-electron chi connectivity index (χ0n) is 11.3. The molecule has 0 unspecified atom stereocenters. The molecule has 1 heterocycles. The molecule has 18 heavy (non-hydrogen) atoms. The first-order valence-electron chi connectivity index (χ1n) is 6.87. The highest BCUT2D eigenvalue weighted by Crippen LogP contribution is 2.20. The molecule has 0 aromatic heterocycles. The summed E-state index contributed by atoms with van der Waals surface area (Å²) in [6.45, 7) is 3.69. The monoisotopic (exact) mass is 248 g/mol. The predicted molar refractivity (Wildman–Crippen MR) is 76.0 cm³/mol. The van der Waals surface area contributed by atoms with Gasteiger partial charge >= 0.3 is 0 Å². The molecule has 0 aliphatic carbocycles. The van der Waals surface area contributed by atoms with E-state index < -0.39 is 0 Å². The molecule has 1 aromatic carbocycles. The van der Waals surface area contributed by atoms with E-state index in [0.29, 0.717) is 0 Å². The number of hydrogen-bond acceptors (Lipinski definition) is 3. The van der Waals surface area contributed by atoms with E-state index in [-0.39, 0.29) is 0 Å². The molecule has 3 heteroatoms. The van der Waals surface area contributed by atoms with Gasteiger partial charge in [0.05, 0.1) is 0 Å². The number of hydrogen-bond donors (Lipinski definition) is 1. The van der Waals surface area contributed by atoms with Crippen LogP contribution in [-0.4, -0.2) is 33.4 Å². The van der Waals surface area contributed by atoms with Crippen molar-refractivity contribution in [1.82, 2.24) is 0 Å². The van der Waals surface area contributed by atoms with Crippen LogP contribution in [0.3, 0.4) is 0 Å². The first kappa shape index (κ1) is 13.4. The Morgan fingerprint density at radius 3 is 2.50 bits per heavy atom. The summed E-state index contributed by atoms with van der Waals surface area (Å²) in [5, 5.41) is 0. The Morgan fingerprint density at radius 2 is 1.89 bits per heavy atom. The van der Waals surface area contributed by atoms with Gasteiger partial charge in [-0.1, -0.05) is 12.1 Å². The molecule has 1 saturated heterocycles. The van der Waals surface area contributed by atoms with Crippen molar-refractivity contribution >= 4 is 5.69 Å². The van der Waals surface area contributed by atoms with Crippen LogP contribution in [0, 0.1) is 5.92 Å². The maximum Gasteiger partial charge on any atom is 0.0469 e. The average molecular weight is 248 g/mol. The van der Waals surface area contributed by atoms with Gasteiger partial charge in [0.2, 0.25) is 0 Å². The van der Waals surface area contributed by atoms with Crippen molar-refractivity contribution in [3.05, 3.63) is 29.8 Å². The smallest absolute Gasteiger partial charge is 0.0469 e. The standard InChI is InChI=1S/C15H24N2O/c1-17(12-14-7-10-18-11-8-14)15-4-2-13(3-5-15)6-9-16/h2-5,14H,6-12,16H2,1H3. The Hall–Kier alpha value is -1.06. The molecule has 3 nitrogen and oxygen atoms in total. The maximum atomic E-state index is 5.56. The zero-order chi connectivity index (χ0) is 12.8. The molecule has 1 aromatic rings. The van der Waals surface area contributed by atoms with Crippen LogP contribution in [0.1, 0.15) is 18.4 Å². The van der Waals surface area contributed by atoms with Gasteiger partial charge in [0.25, 0.3) is 0 Å². The second-order valence-electron chi connectivity index (χ2n) is 5.14. The van der Waals surface area contributed by atoms with Crippen LogP contribution in [0.5, 0.6) is 0 Å². The zero-order valence-corrected chi connectivity index (χ0v) is 11.3. The third-order valence-corrected chi connectivity index (χ3v) is 3.68. The fourth-order valence-electron chi connectivity index (χ4n) is 2.51. The molecule has 1 fully saturated rings. The molecule has 1 aliphatic heterocycles. The number of nitrogens with zero attached hydrogens (tertiary/aromatic N) is 1. The molecule has 0 spiro atoms. The Morgan fingerprint density at radius 1 is 1.22 bits per heavy atom. The highest BCUT2D eigenvalue weighted by molar-refractivity contribution is 5.46. The first-order chi connectivity index (χ1) is 8.79. The van der Waals surface area contributed by atoms with Gasteiger partial charge in [0, 0.05) is 32.5 Å². The lowest BCUT2D eigenvalue weighted by Crippen LogP contribution is -2.29. The van der Waals surface area contributed by atoms with E-state index in [2.05, 4.69) is 36.2 Å². The normalized spacial score (nSPS) is 16.8. The molecule has 100 valence electrons. The van der Waals surface area contributed by atoms with Crippen molar-refractivity contribution in [1.29, 1.82) is 0 Å². The second kappa shape index (κ2) is 6.76. The molecule has 2 N–H and O–H groups in total. The van der Waals surface area contributed by atoms with Crippen molar-refractivity contribution in [3.8, 4) is 0 Å². The van der Waals surface area contributed by atoms with Crippen LogP contribution in [0.4, 0.5) is 5.69 Å². The quantitative estimate of drug-likeness (QED) is 0.866. The summed E-state index contributed by atoms with van der Waals surface area (Å²) in [6, 6.07) is 8.76. The highest BCUT2D eigenvalue weighted by Gasteiger charge is 2.15. The number of benzene rings is 1. The van der Waals surface area contributed by atoms with E-state index in [1.54, 1.807) is 0 Å². The first-order valence-corrected chi connectivity index (χ1v) is 6.87. The fourth-order valence-corrected chi connectivity index (χ4v) is 2.51. The third-order valence-electron chi connectivity index (χ3n) is 3.68. The lowest BCUT2D eigenvalue weighted by Gasteiger charge is -2.28. The summed E-state index contributed by atoms with van der Waals surface area (Å²) in [4.78, 5) is 2.35. The summed E-state index contributed by atoms with van der Waals surface area (Å²) in [5.74, 6) is 0.771. The molecule has 0 bridgehead atoms. The molecular formula is C15H24N2O.